The van der Waals surface area contributed by atoms with E-state index in [4.69, 9.17) is 0 Å². The highest BCUT2D eigenvalue weighted by atomic mass is 79.9. The third-order valence-electron chi connectivity index (χ3n) is 2.05. The molecule has 0 aromatic rings. The monoisotopic (exact) mass is 375 g/mol. The Morgan fingerprint density at radius 2 is 1.27 bits per heavy atom. The van der Waals surface area contributed by atoms with Gasteiger partial charge in [0, 0.05) is 22.9 Å². The van der Waals surface area contributed by atoms with Crippen LogP contribution in [0.25, 0.3) is 0 Å². The van der Waals surface area contributed by atoms with Gasteiger partial charge in [-0.25, -0.2) is 0 Å². The average Bonchev–Trinajstić information content (AvgIpc) is 2.12. The quantitative estimate of drug-likeness (QED) is 0.487. The lowest BCUT2D eigenvalue weighted by atomic mass is 10.4. The van der Waals surface area contributed by atoms with Crippen molar-refractivity contribution in [1.82, 2.24) is 0 Å². The second-order valence-electron chi connectivity index (χ2n) is 4.76. The zero-order valence-corrected chi connectivity index (χ0v) is 16.6. The molecule has 0 bridgehead atoms. The fraction of sp³-hybridized carbons (Fsp3) is 1.00. The molecular weight excluding hydrogens is 348 g/mol. The molecule has 4 heteroatoms. The zero-order chi connectivity index (χ0) is 11.4. The minimum atomic E-state index is -0.218. The molecule has 96 valence electrons. The van der Waals surface area contributed by atoms with Crippen LogP contribution in [0.5, 0.6) is 0 Å². The van der Waals surface area contributed by atoms with E-state index in [9.17, 15) is 0 Å². The fourth-order valence-corrected chi connectivity index (χ4v) is 4.26. The highest BCUT2D eigenvalue weighted by Gasteiger charge is 1.91. The van der Waals surface area contributed by atoms with Crippen LogP contribution in [-0.2, 0) is 0 Å². The predicted octanol–water partition coefficient (Wildman–Crippen LogP) is 1.54. The molecule has 0 atom stereocenters. The van der Waals surface area contributed by atoms with Crippen LogP contribution in [0.3, 0.4) is 0 Å². The van der Waals surface area contributed by atoms with Gasteiger partial charge in [0.2, 0.25) is 0 Å². The van der Waals surface area contributed by atoms with Crippen LogP contribution in [0.1, 0.15) is 26.2 Å². The molecule has 0 saturated heterocycles. The maximum Gasteiger partial charge on any atom is 0.0305 e. The zero-order valence-electron chi connectivity index (χ0n) is 11.2. The van der Waals surface area contributed by atoms with E-state index in [0.717, 1.165) is 0 Å². The van der Waals surface area contributed by atoms with Crippen LogP contribution in [0.15, 0.2) is 0 Å². The molecule has 15 heavy (non-hydrogen) atoms. The second-order valence-corrected chi connectivity index (χ2v) is 12.3. The van der Waals surface area contributed by atoms with Gasteiger partial charge in [0.05, 0.1) is 0 Å². The van der Waals surface area contributed by atoms with E-state index in [1.807, 2.05) is 0 Å². The number of rotatable bonds is 6. The predicted molar refractivity (Wildman–Crippen MR) is 80.7 cm³/mol. The Hall–Kier alpha value is 1.39. The molecule has 0 N–H and O–H groups in total. The minimum absolute atomic E-state index is 0. The van der Waals surface area contributed by atoms with Crippen LogP contribution in [-0.4, -0.2) is 22.9 Å². The summed E-state index contributed by atoms with van der Waals surface area (Å²) in [5.74, 6) is 0. The molecule has 0 aliphatic rings. The molecule has 0 fully saturated rings. The summed E-state index contributed by atoms with van der Waals surface area (Å²) in [6.07, 6.45) is 4.22. The Bertz CT molecular complexity index is 86.6. The SMILES string of the molecule is CCCC[SiH](C)C.C[SiH](C)CCCBr.[Br-]. The molecule has 0 aliphatic carbocycles. The largest absolute Gasteiger partial charge is 1.00 e. The van der Waals surface area contributed by atoms with E-state index < -0.39 is 0 Å². The van der Waals surface area contributed by atoms with E-state index in [1.165, 1.54) is 36.7 Å². The molecule has 0 amide bonds. The topological polar surface area (TPSA) is 0 Å². The van der Waals surface area contributed by atoms with Gasteiger partial charge in [-0.1, -0.05) is 74.0 Å². The molecule has 0 saturated carbocycles. The van der Waals surface area contributed by atoms with Crippen molar-refractivity contribution in [2.45, 2.75) is 64.5 Å². The summed E-state index contributed by atoms with van der Waals surface area (Å²) in [5.41, 5.74) is 0. The van der Waals surface area contributed by atoms with E-state index in [0.29, 0.717) is 0 Å². The number of hydrogen-bond acceptors (Lipinski definition) is 0. The van der Waals surface area contributed by atoms with Crippen LogP contribution in [0.2, 0.25) is 38.3 Å². The summed E-state index contributed by atoms with van der Waals surface area (Å²) < 4.78 is 0. The van der Waals surface area contributed by atoms with Crippen molar-refractivity contribution in [3.8, 4) is 0 Å². The van der Waals surface area contributed by atoms with Crippen LogP contribution < -0.4 is 17.0 Å². The van der Waals surface area contributed by atoms with Gasteiger partial charge in [-0.05, 0) is 6.42 Å². The summed E-state index contributed by atoms with van der Waals surface area (Å²) >= 11 is 3.40. The third-order valence-corrected chi connectivity index (χ3v) is 5.74. The number of halogens is 2. The Balaban J connectivity index is -0.000000180. The van der Waals surface area contributed by atoms with Crippen molar-refractivity contribution < 1.29 is 17.0 Å². The first-order chi connectivity index (χ1) is 6.54. The number of alkyl halides is 1. The molecular formula is C11H29Br2Si2-. The van der Waals surface area contributed by atoms with Gasteiger partial charge < -0.3 is 17.0 Å². The summed E-state index contributed by atoms with van der Waals surface area (Å²) in [6.45, 7) is 11.9. The van der Waals surface area contributed by atoms with E-state index >= 15 is 0 Å². The van der Waals surface area contributed by atoms with Crippen molar-refractivity contribution in [1.29, 1.82) is 0 Å². The van der Waals surface area contributed by atoms with Gasteiger partial charge in [-0.15, -0.1) is 0 Å². The van der Waals surface area contributed by atoms with Gasteiger partial charge in [0.25, 0.3) is 0 Å². The molecule has 0 radical (unpaired) electrons. The van der Waals surface area contributed by atoms with Gasteiger partial charge in [-0.2, -0.15) is 0 Å². The Morgan fingerprint density at radius 1 is 0.867 bits per heavy atom. The lowest BCUT2D eigenvalue weighted by Crippen LogP contribution is -3.00. The maximum absolute atomic E-state index is 3.40. The molecule has 0 unspecified atom stereocenters. The molecule has 0 heterocycles. The summed E-state index contributed by atoms with van der Waals surface area (Å²) in [6, 6.07) is 3.03. The standard InChI is InChI=1S/C6H16Si.C5H13BrSi.BrH/c1-4-5-6-7(2)3;1-7(2)5-3-4-6;/h7H,4-6H2,1-3H3;7H,3-5H2,1-2H3;1H/p-1. The average molecular weight is 377 g/mol. The summed E-state index contributed by atoms with van der Waals surface area (Å²) in [4.78, 5) is 0. The van der Waals surface area contributed by atoms with Crippen molar-refractivity contribution in [2.75, 3.05) is 5.33 Å². The van der Waals surface area contributed by atoms with E-state index in [-0.39, 0.29) is 34.6 Å². The van der Waals surface area contributed by atoms with Crippen molar-refractivity contribution in [2.24, 2.45) is 0 Å². The van der Waals surface area contributed by atoms with Gasteiger partial charge in [-0.3, -0.25) is 0 Å². The van der Waals surface area contributed by atoms with Crippen molar-refractivity contribution in [3.05, 3.63) is 0 Å². The molecule has 0 spiro atoms. The van der Waals surface area contributed by atoms with Crippen LogP contribution in [0, 0.1) is 0 Å². The van der Waals surface area contributed by atoms with E-state index in [1.54, 1.807) is 0 Å². The first-order valence-electron chi connectivity index (χ1n) is 6.10. The first kappa shape index (κ1) is 21.7. The van der Waals surface area contributed by atoms with Gasteiger partial charge in [0.1, 0.15) is 0 Å². The van der Waals surface area contributed by atoms with Crippen molar-refractivity contribution >= 4 is 33.5 Å². The lowest BCUT2D eigenvalue weighted by molar-refractivity contribution is -0.00000332. The second kappa shape index (κ2) is 17.8. The van der Waals surface area contributed by atoms with Crippen LogP contribution in [0.4, 0.5) is 0 Å². The number of unbranched alkanes of at least 4 members (excludes halogenated alkanes) is 1. The molecule has 0 rings (SSSR count). The molecule has 0 nitrogen and oxygen atoms in total. The normalized spacial score (nSPS) is 9.60. The fourth-order valence-electron chi connectivity index (χ4n) is 1.10. The molecule has 0 aromatic carbocycles. The number of hydrogen-bond donors (Lipinski definition) is 0. The Labute approximate surface area is 120 Å². The van der Waals surface area contributed by atoms with Gasteiger partial charge in [0.15, 0.2) is 0 Å². The smallest absolute Gasteiger partial charge is 0.0305 e. The van der Waals surface area contributed by atoms with Crippen LogP contribution >= 0.6 is 15.9 Å². The summed E-state index contributed by atoms with van der Waals surface area (Å²) in [7, 11) is -0.406. The van der Waals surface area contributed by atoms with Crippen molar-refractivity contribution in [3.63, 3.8) is 0 Å². The van der Waals surface area contributed by atoms with Gasteiger partial charge >= 0.3 is 0 Å². The molecule has 0 aromatic heterocycles. The maximum atomic E-state index is 3.40. The summed E-state index contributed by atoms with van der Waals surface area (Å²) in [5, 5.41) is 1.19. The lowest BCUT2D eigenvalue weighted by Gasteiger charge is -1.97. The Kier molecular flexibility index (Phi) is 25.7. The first-order valence-corrected chi connectivity index (χ1v) is 13.5. The minimum Gasteiger partial charge on any atom is -1.00 e. The molecule has 0 aliphatic heterocycles. The van der Waals surface area contributed by atoms with E-state index in [2.05, 4.69) is 49.0 Å². The highest BCUT2D eigenvalue weighted by Crippen LogP contribution is 1.99. The Morgan fingerprint density at radius 3 is 1.40 bits per heavy atom. The third kappa shape index (κ3) is 31.3. The highest BCUT2D eigenvalue weighted by molar-refractivity contribution is 9.09.